The van der Waals surface area contributed by atoms with Gasteiger partial charge in [0.05, 0.1) is 0 Å². The normalized spacial score (nSPS) is 20.5. The van der Waals surface area contributed by atoms with Crippen LogP contribution in [0.3, 0.4) is 0 Å². The molecule has 1 fully saturated rings. The van der Waals surface area contributed by atoms with Crippen molar-refractivity contribution in [2.24, 2.45) is 5.41 Å². The molecule has 0 unspecified atom stereocenters. The maximum absolute atomic E-state index is 12.4. The van der Waals surface area contributed by atoms with Crippen molar-refractivity contribution >= 4 is 26.5 Å². The van der Waals surface area contributed by atoms with Crippen LogP contribution in [0.2, 0.25) is 0 Å². The van der Waals surface area contributed by atoms with Gasteiger partial charge in [0.25, 0.3) is 10.0 Å². The van der Waals surface area contributed by atoms with Crippen LogP contribution >= 0.6 is 11.3 Å². The molecule has 1 aromatic heterocycles. The number of sulfonamides is 1. The Balaban J connectivity index is 2.13. The van der Waals surface area contributed by atoms with E-state index in [2.05, 4.69) is 24.0 Å². The molecule has 0 aromatic carbocycles. The number of anilines is 1. The second-order valence-corrected chi connectivity index (χ2v) is 8.14. The summed E-state index contributed by atoms with van der Waals surface area (Å²) in [5.41, 5.74) is 5.75. The van der Waals surface area contributed by atoms with E-state index in [0.29, 0.717) is 18.5 Å². The maximum Gasteiger partial charge on any atom is 0.272 e. The molecule has 108 valence electrons. The van der Waals surface area contributed by atoms with E-state index in [1.165, 1.54) is 4.31 Å². The number of hydrogen-bond donors (Lipinski definition) is 1. The van der Waals surface area contributed by atoms with Gasteiger partial charge in [0.15, 0.2) is 0 Å². The van der Waals surface area contributed by atoms with E-state index >= 15 is 0 Å². The zero-order valence-electron chi connectivity index (χ0n) is 11.3. The summed E-state index contributed by atoms with van der Waals surface area (Å²) in [6.45, 7) is 5.48. The van der Waals surface area contributed by atoms with Crippen LogP contribution in [-0.2, 0) is 10.0 Å². The fourth-order valence-corrected chi connectivity index (χ4v) is 4.96. The van der Waals surface area contributed by atoms with Gasteiger partial charge in [0, 0.05) is 13.1 Å². The highest BCUT2D eigenvalue weighted by Crippen LogP contribution is 2.39. The Morgan fingerprint density at radius 2 is 1.84 bits per heavy atom. The van der Waals surface area contributed by atoms with E-state index in [-0.39, 0.29) is 9.47 Å². The zero-order chi connectivity index (χ0) is 14.1. The van der Waals surface area contributed by atoms with Crippen LogP contribution in [0.15, 0.2) is 4.34 Å². The lowest BCUT2D eigenvalue weighted by Crippen LogP contribution is -2.42. The minimum Gasteiger partial charge on any atom is -0.374 e. The maximum atomic E-state index is 12.4. The number of nitrogen functional groups attached to an aromatic ring is 1. The first-order valence-electron chi connectivity index (χ1n) is 6.53. The van der Waals surface area contributed by atoms with E-state index in [1.807, 2.05) is 0 Å². The van der Waals surface area contributed by atoms with Crippen LogP contribution in [0.4, 0.5) is 5.13 Å². The predicted octanol–water partition coefficient (Wildman–Crippen LogP) is 1.71. The number of hydrogen-bond acceptors (Lipinski definition) is 6. The van der Waals surface area contributed by atoms with Gasteiger partial charge >= 0.3 is 0 Å². The third-order valence-electron chi connectivity index (χ3n) is 4.27. The molecule has 0 spiro atoms. The van der Waals surface area contributed by atoms with Gasteiger partial charge in [-0.25, -0.2) is 8.42 Å². The van der Waals surface area contributed by atoms with Gasteiger partial charge < -0.3 is 5.73 Å². The highest BCUT2D eigenvalue weighted by atomic mass is 32.2. The Morgan fingerprint density at radius 1 is 1.26 bits per heavy atom. The molecule has 8 heteroatoms. The lowest BCUT2D eigenvalue weighted by Gasteiger charge is -2.39. The van der Waals surface area contributed by atoms with Crippen molar-refractivity contribution in [1.82, 2.24) is 14.5 Å². The highest BCUT2D eigenvalue weighted by Gasteiger charge is 2.37. The molecule has 2 rings (SSSR count). The van der Waals surface area contributed by atoms with Crippen molar-refractivity contribution in [3.63, 3.8) is 0 Å². The summed E-state index contributed by atoms with van der Waals surface area (Å²) in [6, 6.07) is 0. The second-order valence-electron chi connectivity index (χ2n) is 5.02. The Labute approximate surface area is 118 Å². The molecule has 1 aromatic rings. The van der Waals surface area contributed by atoms with Crippen molar-refractivity contribution in [3.8, 4) is 0 Å². The van der Waals surface area contributed by atoms with Crippen molar-refractivity contribution in [1.29, 1.82) is 0 Å². The molecule has 0 aliphatic carbocycles. The molecule has 19 heavy (non-hydrogen) atoms. The molecular weight excluding hydrogens is 284 g/mol. The number of aromatic nitrogens is 2. The third-order valence-corrected chi connectivity index (χ3v) is 7.26. The standard InChI is InChI=1S/C11H20N4O2S2/c1-3-11(4-2)5-7-15(8-6-11)19(16,17)10-14-13-9(12)18-10/h3-8H2,1-2H3,(H2,12,13). The van der Waals surface area contributed by atoms with E-state index in [9.17, 15) is 8.42 Å². The molecule has 1 aliphatic heterocycles. The topological polar surface area (TPSA) is 89.2 Å². The Hall–Kier alpha value is -0.730. The molecule has 2 N–H and O–H groups in total. The summed E-state index contributed by atoms with van der Waals surface area (Å²) < 4.78 is 26.2. The monoisotopic (exact) mass is 304 g/mol. The van der Waals surface area contributed by atoms with Gasteiger partial charge in [-0.1, -0.05) is 38.0 Å². The molecule has 0 saturated carbocycles. The number of rotatable bonds is 4. The van der Waals surface area contributed by atoms with Crippen molar-refractivity contribution in [3.05, 3.63) is 0 Å². The fourth-order valence-electron chi connectivity index (χ4n) is 2.59. The quantitative estimate of drug-likeness (QED) is 0.914. The highest BCUT2D eigenvalue weighted by molar-refractivity contribution is 7.91. The van der Waals surface area contributed by atoms with Crippen LogP contribution in [0.5, 0.6) is 0 Å². The lowest BCUT2D eigenvalue weighted by atomic mass is 9.75. The molecular formula is C11H20N4O2S2. The molecule has 0 amide bonds. The average molecular weight is 304 g/mol. The molecule has 6 nitrogen and oxygen atoms in total. The average Bonchev–Trinajstić information content (AvgIpc) is 2.86. The van der Waals surface area contributed by atoms with Crippen molar-refractivity contribution < 1.29 is 8.42 Å². The summed E-state index contributed by atoms with van der Waals surface area (Å²) in [5, 5.41) is 7.42. The smallest absolute Gasteiger partial charge is 0.272 e. The largest absolute Gasteiger partial charge is 0.374 e. The van der Waals surface area contributed by atoms with Gasteiger partial charge in [0.1, 0.15) is 0 Å². The van der Waals surface area contributed by atoms with Gasteiger partial charge in [0.2, 0.25) is 9.47 Å². The molecule has 0 atom stereocenters. The molecule has 0 bridgehead atoms. The number of piperidine rings is 1. The summed E-state index contributed by atoms with van der Waals surface area (Å²) in [4.78, 5) is 0. The Morgan fingerprint density at radius 3 is 2.26 bits per heavy atom. The van der Waals surface area contributed by atoms with E-state index in [1.54, 1.807) is 0 Å². The Bertz CT molecular complexity index is 527. The van der Waals surface area contributed by atoms with E-state index < -0.39 is 10.0 Å². The fraction of sp³-hybridized carbons (Fsp3) is 0.818. The first-order valence-corrected chi connectivity index (χ1v) is 8.78. The van der Waals surface area contributed by atoms with Crippen LogP contribution in [0, 0.1) is 5.41 Å². The molecule has 1 aliphatic rings. The summed E-state index contributed by atoms with van der Waals surface area (Å²) in [7, 11) is -3.51. The molecule has 2 heterocycles. The predicted molar refractivity (Wildman–Crippen MR) is 75.3 cm³/mol. The van der Waals surface area contributed by atoms with Crippen LogP contribution in [0.1, 0.15) is 39.5 Å². The van der Waals surface area contributed by atoms with Gasteiger partial charge in [-0.2, -0.15) is 4.31 Å². The van der Waals surface area contributed by atoms with Crippen molar-refractivity contribution in [2.75, 3.05) is 18.8 Å². The van der Waals surface area contributed by atoms with Gasteiger partial charge in [-0.3, -0.25) is 0 Å². The number of nitrogens with two attached hydrogens (primary N) is 1. The summed E-state index contributed by atoms with van der Waals surface area (Å²) >= 11 is 0.926. The number of nitrogens with zero attached hydrogens (tertiary/aromatic N) is 3. The SMILES string of the molecule is CCC1(CC)CCN(S(=O)(=O)c2nnc(N)s2)CC1. The summed E-state index contributed by atoms with van der Waals surface area (Å²) in [6.07, 6.45) is 4.02. The molecule has 0 radical (unpaired) electrons. The molecule has 1 saturated heterocycles. The van der Waals surface area contributed by atoms with Gasteiger partial charge in [-0.05, 0) is 18.3 Å². The van der Waals surface area contributed by atoms with Crippen molar-refractivity contribution in [2.45, 2.75) is 43.9 Å². The Kier molecular flexibility index (Phi) is 4.12. The third kappa shape index (κ3) is 2.75. The minimum atomic E-state index is -3.51. The van der Waals surface area contributed by atoms with Crippen LogP contribution in [-0.4, -0.2) is 36.0 Å². The zero-order valence-corrected chi connectivity index (χ0v) is 12.9. The first-order chi connectivity index (χ1) is 8.93. The van der Waals surface area contributed by atoms with E-state index in [0.717, 1.165) is 37.0 Å². The second kappa shape index (κ2) is 5.34. The van der Waals surface area contributed by atoms with Crippen LogP contribution in [0.25, 0.3) is 0 Å². The first kappa shape index (κ1) is 14.7. The minimum absolute atomic E-state index is 0.00509. The van der Waals surface area contributed by atoms with E-state index in [4.69, 9.17) is 5.73 Å². The lowest BCUT2D eigenvalue weighted by molar-refractivity contribution is 0.141. The summed E-state index contributed by atoms with van der Waals surface area (Å²) in [5.74, 6) is 0. The van der Waals surface area contributed by atoms with Crippen LogP contribution < -0.4 is 5.73 Å². The van der Waals surface area contributed by atoms with Gasteiger partial charge in [-0.15, -0.1) is 10.2 Å².